The van der Waals surface area contributed by atoms with Crippen molar-refractivity contribution >= 4 is 46.0 Å². The SMILES string of the molecule is O=C(N[C@@H](Cc1ccc(-c2ccccn2)c2cccnc12)C(=O)O)c1c(Cl)cccc1Cl. The Morgan fingerprint density at radius 3 is 2.34 bits per heavy atom. The first-order valence-corrected chi connectivity index (χ1v) is 10.5. The predicted octanol–water partition coefficient (Wildman–Crippen LogP) is 5.03. The van der Waals surface area contributed by atoms with E-state index in [2.05, 4.69) is 15.3 Å². The molecule has 0 aliphatic rings. The van der Waals surface area contributed by atoms with Gasteiger partial charge in [-0.1, -0.05) is 53.5 Å². The Kier molecular flexibility index (Phi) is 6.35. The molecule has 0 fully saturated rings. The highest BCUT2D eigenvalue weighted by atomic mass is 35.5. The smallest absolute Gasteiger partial charge is 0.326 e. The standard InChI is InChI=1S/C24H17Cl2N3O3/c25-17-6-3-7-18(26)21(17)23(30)29-20(24(31)32)13-14-9-10-15(19-8-1-2-11-27-19)16-5-4-12-28-22(14)16/h1-12,20H,13H2,(H,29,30)(H,31,32)/t20-/m0/s1. The number of aliphatic carboxylic acids is 1. The van der Waals surface area contributed by atoms with Crippen LogP contribution in [0.2, 0.25) is 10.0 Å². The van der Waals surface area contributed by atoms with Crippen LogP contribution in [0.15, 0.2) is 73.1 Å². The van der Waals surface area contributed by atoms with E-state index in [4.69, 9.17) is 23.2 Å². The van der Waals surface area contributed by atoms with Gasteiger partial charge in [-0.3, -0.25) is 14.8 Å². The van der Waals surface area contributed by atoms with Crippen molar-refractivity contribution in [2.24, 2.45) is 0 Å². The van der Waals surface area contributed by atoms with Gasteiger partial charge in [-0.25, -0.2) is 4.79 Å². The average molecular weight is 466 g/mol. The number of carbonyl (C=O) groups excluding carboxylic acids is 1. The highest BCUT2D eigenvalue weighted by Gasteiger charge is 2.25. The second-order valence-electron chi connectivity index (χ2n) is 7.05. The van der Waals surface area contributed by atoms with E-state index in [0.717, 1.165) is 16.6 Å². The van der Waals surface area contributed by atoms with E-state index in [0.29, 0.717) is 11.1 Å². The monoisotopic (exact) mass is 465 g/mol. The van der Waals surface area contributed by atoms with Gasteiger partial charge in [-0.05, 0) is 35.9 Å². The number of fused-ring (bicyclic) bond motifs is 1. The van der Waals surface area contributed by atoms with Gasteiger partial charge >= 0.3 is 5.97 Å². The Bertz CT molecular complexity index is 1290. The van der Waals surface area contributed by atoms with Gasteiger partial charge in [0.25, 0.3) is 5.91 Å². The van der Waals surface area contributed by atoms with E-state index in [-0.39, 0.29) is 22.0 Å². The highest BCUT2D eigenvalue weighted by molar-refractivity contribution is 6.39. The number of hydrogen-bond acceptors (Lipinski definition) is 4. The number of carboxylic acid groups (broad SMARTS) is 1. The van der Waals surface area contributed by atoms with Gasteiger partial charge in [0.15, 0.2) is 0 Å². The van der Waals surface area contributed by atoms with Crippen LogP contribution in [0.5, 0.6) is 0 Å². The Balaban J connectivity index is 1.68. The lowest BCUT2D eigenvalue weighted by Gasteiger charge is -2.17. The van der Waals surface area contributed by atoms with Crippen LogP contribution < -0.4 is 5.32 Å². The fraction of sp³-hybridized carbons (Fsp3) is 0.0833. The fourth-order valence-corrected chi connectivity index (χ4v) is 4.08. The van der Waals surface area contributed by atoms with Crippen LogP contribution in [0.1, 0.15) is 15.9 Å². The number of aromatic nitrogens is 2. The van der Waals surface area contributed by atoms with Crippen molar-refractivity contribution in [3.63, 3.8) is 0 Å². The number of hydrogen-bond donors (Lipinski definition) is 2. The molecule has 2 N–H and O–H groups in total. The molecule has 0 aliphatic carbocycles. The van der Waals surface area contributed by atoms with Crippen LogP contribution in [0.25, 0.3) is 22.2 Å². The first-order valence-electron chi connectivity index (χ1n) is 9.71. The predicted molar refractivity (Wildman–Crippen MR) is 124 cm³/mol. The molecular weight excluding hydrogens is 449 g/mol. The van der Waals surface area contributed by atoms with Gasteiger partial charge in [-0.15, -0.1) is 0 Å². The van der Waals surface area contributed by atoms with E-state index in [1.165, 1.54) is 12.1 Å². The molecule has 160 valence electrons. The lowest BCUT2D eigenvalue weighted by atomic mass is 9.97. The summed E-state index contributed by atoms with van der Waals surface area (Å²) in [7, 11) is 0. The molecule has 0 saturated heterocycles. The third kappa shape index (κ3) is 4.42. The molecule has 0 unspecified atom stereocenters. The number of nitrogens with one attached hydrogen (secondary N) is 1. The molecule has 8 heteroatoms. The van der Waals surface area contributed by atoms with Crippen molar-refractivity contribution in [1.82, 2.24) is 15.3 Å². The summed E-state index contributed by atoms with van der Waals surface area (Å²) in [6.07, 6.45) is 3.38. The van der Waals surface area contributed by atoms with Crippen LogP contribution in [0.3, 0.4) is 0 Å². The molecule has 6 nitrogen and oxygen atoms in total. The van der Waals surface area contributed by atoms with Gasteiger partial charge < -0.3 is 10.4 Å². The number of halogens is 2. The molecule has 2 heterocycles. The quantitative estimate of drug-likeness (QED) is 0.416. The van der Waals surface area contributed by atoms with E-state index in [9.17, 15) is 14.7 Å². The van der Waals surface area contributed by atoms with Crippen molar-refractivity contribution in [2.75, 3.05) is 0 Å². The summed E-state index contributed by atoms with van der Waals surface area (Å²) >= 11 is 12.2. The molecule has 4 rings (SSSR count). The van der Waals surface area contributed by atoms with Gasteiger partial charge in [-0.2, -0.15) is 0 Å². The normalized spacial score (nSPS) is 11.8. The maximum Gasteiger partial charge on any atom is 0.326 e. The molecule has 0 bridgehead atoms. The van der Waals surface area contributed by atoms with E-state index in [1.807, 2.05) is 42.5 Å². The van der Waals surface area contributed by atoms with Crippen LogP contribution in [0, 0.1) is 0 Å². The Labute approximate surface area is 193 Å². The molecule has 0 saturated carbocycles. The first-order chi connectivity index (χ1) is 15.5. The zero-order valence-corrected chi connectivity index (χ0v) is 18.1. The third-order valence-corrected chi connectivity index (χ3v) is 5.64. The Hall–Kier alpha value is -3.48. The van der Waals surface area contributed by atoms with Crippen LogP contribution >= 0.6 is 23.2 Å². The zero-order chi connectivity index (χ0) is 22.7. The topological polar surface area (TPSA) is 92.2 Å². The number of amides is 1. The van der Waals surface area contributed by atoms with E-state index in [1.54, 1.807) is 18.5 Å². The minimum atomic E-state index is -1.21. The second-order valence-corrected chi connectivity index (χ2v) is 7.87. The minimum Gasteiger partial charge on any atom is -0.480 e. The lowest BCUT2D eigenvalue weighted by molar-refractivity contribution is -0.139. The maximum atomic E-state index is 12.7. The van der Waals surface area contributed by atoms with Crippen molar-refractivity contribution in [2.45, 2.75) is 12.5 Å². The molecule has 0 radical (unpaired) electrons. The minimum absolute atomic E-state index is 0.0269. The molecule has 0 spiro atoms. The molecule has 1 atom stereocenters. The summed E-state index contributed by atoms with van der Waals surface area (Å²) < 4.78 is 0. The van der Waals surface area contributed by atoms with E-state index >= 15 is 0 Å². The van der Waals surface area contributed by atoms with Gasteiger partial charge in [0.1, 0.15) is 6.04 Å². The summed E-state index contributed by atoms with van der Waals surface area (Å²) in [5, 5.41) is 13.4. The van der Waals surface area contributed by atoms with Gasteiger partial charge in [0.2, 0.25) is 0 Å². The zero-order valence-electron chi connectivity index (χ0n) is 16.6. The van der Waals surface area contributed by atoms with Gasteiger partial charge in [0, 0.05) is 29.8 Å². The number of nitrogens with zero attached hydrogens (tertiary/aromatic N) is 2. The number of carbonyl (C=O) groups is 2. The average Bonchev–Trinajstić information content (AvgIpc) is 2.79. The number of pyridine rings is 2. The van der Waals surface area contributed by atoms with Crippen molar-refractivity contribution < 1.29 is 14.7 Å². The number of carboxylic acids is 1. The summed E-state index contributed by atoms with van der Waals surface area (Å²) in [4.78, 5) is 33.6. The Morgan fingerprint density at radius 1 is 0.906 bits per heavy atom. The molecule has 4 aromatic rings. The van der Waals surface area contributed by atoms with Crippen molar-refractivity contribution in [3.8, 4) is 11.3 Å². The fourth-order valence-electron chi connectivity index (χ4n) is 3.51. The largest absolute Gasteiger partial charge is 0.480 e. The summed E-state index contributed by atoms with van der Waals surface area (Å²) in [6, 6.07) is 16.5. The van der Waals surface area contributed by atoms with Crippen molar-refractivity contribution in [3.05, 3.63) is 94.2 Å². The molecule has 2 aromatic heterocycles. The second kappa shape index (κ2) is 9.34. The summed E-state index contributed by atoms with van der Waals surface area (Å²) in [5.41, 5.74) is 3.03. The lowest BCUT2D eigenvalue weighted by Crippen LogP contribution is -2.42. The summed E-state index contributed by atoms with van der Waals surface area (Å²) in [6.45, 7) is 0. The molecule has 1 amide bonds. The van der Waals surface area contributed by atoms with Crippen LogP contribution in [-0.2, 0) is 11.2 Å². The van der Waals surface area contributed by atoms with E-state index < -0.39 is 17.9 Å². The van der Waals surface area contributed by atoms with Crippen LogP contribution in [0.4, 0.5) is 0 Å². The number of benzene rings is 2. The van der Waals surface area contributed by atoms with Crippen molar-refractivity contribution in [1.29, 1.82) is 0 Å². The molecular formula is C24H17Cl2N3O3. The van der Waals surface area contributed by atoms with Gasteiger partial charge in [0.05, 0.1) is 26.8 Å². The highest BCUT2D eigenvalue weighted by Crippen LogP contribution is 2.29. The molecule has 0 aliphatic heterocycles. The Morgan fingerprint density at radius 2 is 1.66 bits per heavy atom. The third-order valence-electron chi connectivity index (χ3n) is 5.01. The van der Waals surface area contributed by atoms with Crippen LogP contribution in [-0.4, -0.2) is 33.0 Å². The summed E-state index contributed by atoms with van der Waals surface area (Å²) in [5.74, 6) is -1.84. The maximum absolute atomic E-state index is 12.7. The molecule has 32 heavy (non-hydrogen) atoms. The molecule has 2 aromatic carbocycles. The first kappa shape index (κ1) is 21.7. The number of rotatable bonds is 6.